The van der Waals surface area contributed by atoms with Gasteiger partial charge in [-0.05, 0) is 42.0 Å². The van der Waals surface area contributed by atoms with Crippen LogP contribution in [0, 0.1) is 0 Å². The van der Waals surface area contributed by atoms with Crippen molar-refractivity contribution in [2.75, 3.05) is 7.11 Å². The molecule has 6 heteroatoms. The van der Waals surface area contributed by atoms with Crippen molar-refractivity contribution < 1.29 is 10.1 Å². The highest BCUT2D eigenvalue weighted by atomic mass is 16.5. The van der Waals surface area contributed by atoms with Crippen molar-refractivity contribution in [1.29, 1.82) is 0 Å². The highest BCUT2D eigenvalue weighted by molar-refractivity contribution is 6.10. The number of para-hydroxylation sites is 1. The van der Waals surface area contributed by atoms with E-state index in [1.807, 2.05) is 36.4 Å². The van der Waals surface area contributed by atoms with Gasteiger partial charge in [0.15, 0.2) is 0 Å². The Bertz CT molecular complexity index is 1180. The summed E-state index contributed by atoms with van der Waals surface area (Å²) in [6.45, 7) is 0.738. The maximum atomic E-state index is 5.96. The van der Waals surface area contributed by atoms with Gasteiger partial charge in [-0.2, -0.15) is 0 Å². The molecule has 27 heavy (non-hydrogen) atoms. The maximum absolute atomic E-state index is 5.96. The quantitative estimate of drug-likeness (QED) is 0.193. The molecule has 134 valence electrons. The third kappa shape index (κ3) is 3.01. The van der Waals surface area contributed by atoms with Crippen LogP contribution in [0.4, 0.5) is 0 Å². The monoisotopic (exact) mass is 358 g/mol. The van der Waals surface area contributed by atoms with E-state index in [2.05, 4.69) is 45.2 Å². The standard InChI is InChI=1S/C21H19N5O/c1-27-16-6-4-5-14(11-16)13-26-19-8-3-2-7-17(19)18-12-15(9-10-20(18)26)21(22)24-25-23/h2-12H,13H2,1H3,(H3,22,23,24)/p+1. The van der Waals surface area contributed by atoms with Crippen LogP contribution in [0.15, 0.2) is 77.1 Å². The first-order chi connectivity index (χ1) is 13.2. The number of fused-ring (bicyclic) bond motifs is 3. The first-order valence-corrected chi connectivity index (χ1v) is 8.59. The molecule has 0 unspecified atom stereocenters. The summed E-state index contributed by atoms with van der Waals surface area (Å²) in [6, 6.07) is 22.5. The van der Waals surface area contributed by atoms with Crippen molar-refractivity contribution in [2.24, 2.45) is 16.2 Å². The Hall–Kier alpha value is -3.67. The highest BCUT2D eigenvalue weighted by Gasteiger charge is 2.15. The summed E-state index contributed by atoms with van der Waals surface area (Å²) in [6.07, 6.45) is 0. The minimum absolute atomic E-state index is 0.295. The van der Waals surface area contributed by atoms with Gasteiger partial charge < -0.3 is 9.30 Å². The topological polar surface area (TPSA) is 90.5 Å². The van der Waals surface area contributed by atoms with E-state index in [1.54, 1.807) is 7.11 Å². The molecule has 0 atom stereocenters. The van der Waals surface area contributed by atoms with Gasteiger partial charge in [-0.15, -0.1) is 0 Å². The second kappa shape index (κ2) is 6.92. The fourth-order valence-electron chi connectivity index (χ4n) is 3.46. The molecule has 6 nitrogen and oxygen atoms in total. The van der Waals surface area contributed by atoms with E-state index in [0.29, 0.717) is 5.84 Å². The van der Waals surface area contributed by atoms with Gasteiger partial charge >= 0.3 is 5.84 Å². The fraction of sp³-hybridized carbons (Fsp3) is 0.0952. The third-order valence-electron chi connectivity index (χ3n) is 4.71. The molecule has 3 aromatic carbocycles. The van der Waals surface area contributed by atoms with Crippen molar-refractivity contribution in [1.82, 2.24) is 4.57 Å². The van der Waals surface area contributed by atoms with Gasteiger partial charge in [0.1, 0.15) is 5.75 Å². The van der Waals surface area contributed by atoms with E-state index in [0.717, 1.165) is 39.7 Å². The van der Waals surface area contributed by atoms with Crippen molar-refractivity contribution in [3.8, 4) is 5.75 Å². The van der Waals surface area contributed by atoms with Crippen LogP contribution in [0.5, 0.6) is 5.75 Å². The molecule has 0 bridgehead atoms. The zero-order chi connectivity index (χ0) is 18.8. The predicted molar refractivity (Wildman–Crippen MR) is 107 cm³/mol. The SMILES string of the molecule is COc1cccc(Cn2c3ccccc3c3cc(C(=[NH2+])N=NN)ccc32)c1. The maximum Gasteiger partial charge on any atom is 0.350 e. The van der Waals surface area contributed by atoms with E-state index in [1.165, 1.54) is 5.56 Å². The van der Waals surface area contributed by atoms with Gasteiger partial charge in [-0.1, -0.05) is 30.3 Å². The van der Waals surface area contributed by atoms with Crippen molar-refractivity contribution in [2.45, 2.75) is 6.54 Å². The number of rotatable bonds is 4. The molecule has 0 aliphatic heterocycles. The molecule has 0 fully saturated rings. The van der Waals surface area contributed by atoms with E-state index in [4.69, 9.17) is 16.0 Å². The lowest BCUT2D eigenvalue weighted by molar-refractivity contribution is -0.114. The second-order valence-electron chi connectivity index (χ2n) is 6.29. The second-order valence-corrected chi connectivity index (χ2v) is 6.29. The number of nitrogens with two attached hydrogens (primary N) is 2. The minimum Gasteiger partial charge on any atom is -0.497 e. The van der Waals surface area contributed by atoms with Gasteiger partial charge in [0.2, 0.25) is 0 Å². The number of nitrogens with zero attached hydrogens (tertiary/aromatic N) is 3. The summed E-state index contributed by atoms with van der Waals surface area (Å²) in [5, 5.41) is 15.3. The zero-order valence-electron chi connectivity index (χ0n) is 15.0. The summed E-state index contributed by atoms with van der Waals surface area (Å²) in [4.78, 5) is 0. The Morgan fingerprint density at radius 1 is 1.00 bits per heavy atom. The van der Waals surface area contributed by atoms with Crippen LogP contribution in [-0.2, 0) is 6.54 Å². The summed E-state index contributed by atoms with van der Waals surface area (Å²) < 4.78 is 7.65. The molecular formula is C21H20N5O+. The first-order valence-electron chi connectivity index (χ1n) is 8.59. The molecule has 4 N–H and O–H groups in total. The third-order valence-corrected chi connectivity index (χ3v) is 4.71. The molecule has 0 saturated heterocycles. The van der Waals surface area contributed by atoms with Crippen LogP contribution >= 0.6 is 0 Å². The molecule has 0 radical (unpaired) electrons. The highest BCUT2D eigenvalue weighted by Crippen LogP contribution is 2.31. The molecule has 4 aromatic rings. The Morgan fingerprint density at radius 3 is 2.63 bits per heavy atom. The molecule has 0 amide bonds. The number of aromatic nitrogens is 1. The van der Waals surface area contributed by atoms with Crippen LogP contribution < -0.4 is 16.0 Å². The Labute approximate surface area is 156 Å². The minimum atomic E-state index is 0.295. The van der Waals surface area contributed by atoms with Gasteiger partial charge in [0.25, 0.3) is 0 Å². The van der Waals surface area contributed by atoms with Crippen molar-refractivity contribution in [3.05, 3.63) is 77.9 Å². The number of benzene rings is 3. The predicted octanol–water partition coefficient (Wildman–Crippen LogP) is 2.68. The van der Waals surface area contributed by atoms with E-state index in [-0.39, 0.29) is 0 Å². The van der Waals surface area contributed by atoms with E-state index < -0.39 is 0 Å². The molecule has 1 aromatic heterocycles. The lowest BCUT2D eigenvalue weighted by Crippen LogP contribution is -2.38. The number of amidine groups is 1. The molecule has 0 spiro atoms. The summed E-state index contributed by atoms with van der Waals surface area (Å²) in [7, 11) is 1.68. The lowest BCUT2D eigenvalue weighted by atomic mass is 10.1. The average Bonchev–Trinajstić information content (AvgIpc) is 3.02. The average molecular weight is 358 g/mol. The van der Waals surface area contributed by atoms with Gasteiger partial charge in [0.05, 0.1) is 17.8 Å². The van der Waals surface area contributed by atoms with Crippen LogP contribution in [0.1, 0.15) is 11.1 Å². The Morgan fingerprint density at radius 2 is 1.81 bits per heavy atom. The van der Waals surface area contributed by atoms with Crippen LogP contribution in [0.25, 0.3) is 21.8 Å². The number of hydrogen-bond donors (Lipinski definition) is 2. The van der Waals surface area contributed by atoms with Crippen LogP contribution in [0.3, 0.4) is 0 Å². The zero-order valence-corrected chi connectivity index (χ0v) is 15.0. The smallest absolute Gasteiger partial charge is 0.350 e. The number of hydrogen-bond acceptors (Lipinski definition) is 2. The van der Waals surface area contributed by atoms with Crippen molar-refractivity contribution in [3.63, 3.8) is 0 Å². The number of methoxy groups -OCH3 is 1. The molecule has 0 saturated carbocycles. The fourth-order valence-corrected chi connectivity index (χ4v) is 3.46. The number of ether oxygens (including phenoxy) is 1. The van der Waals surface area contributed by atoms with E-state index >= 15 is 0 Å². The van der Waals surface area contributed by atoms with Crippen LogP contribution in [-0.4, -0.2) is 17.5 Å². The Kier molecular flexibility index (Phi) is 4.30. The van der Waals surface area contributed by atoms with Gasteiger partial charge in [-0.25, -0.2) is 0 Å². The Balaban J connectivity index is 1.89. The van der Waals surface area contributed by atoms with Gasteiger partial charge in [-0.3, -0.25) is 11.3 Å². The van der Waals surface area contributed by atoms with Gasteiger partial charge in [0, 0.05) is 33.6 Å². The molecular weight excluding hydrogens is 338 g/mol. The molecule has 4 rings (SSSR count). The molecule has 0 aliphatic rings. The summed E-state index contributed by atoms with van der Waals surface area (Å²) in [5.74, 6) is 6.27. The van der Waals surface area contributed by atoms with E-state index in [9.17, 15) is 0 Å². The lowest BCUT2D eigenvalue weighted by Gasteiger charge is -2.09. The molecule has 1 heterocycles. The summed E-state index contributed by atoms with van der Waals surface area (Å²) >= 11 is 0. The normalized spacial score (nSPS) is 11.4. The van der Waals surface area contributed by atoms with Crippen LogP contribution in [0.2, 0.25) is 0 Å². The molecule has 0 aliphatic carbocycles. The largest absolute Gasteiger partial charge is 0.497 e. The first kappa shape index (κ1) is 16.8. The van der Waals surface area contributed by atoms with Crippen molar-refractivity contribution >= 4 is 27.6 Å². The summed E-state index contributed by atoms with van der Waals surface area (Å²) in [5.41, 5.74) is 4.25.